The van der Waals surface area contributed by atoms with Gasteiger partial charge in [-0.15, -0.1) is 0 Å². The molecule has 1 aromatic heterocycles. The summed E-state index contributed by atoms with van der Waals surface area (Å²) >= 11 is 0. The first-order chi connectivity index (χ1) is 16.9. The second-order valence-electron chi connectivity index (χ2n) is 10.8. The van der Waals surface area contributed by atoms with Gasteiger partial charge in [-0.2, -0.15) is 5.10 Å². The van der Waals surface area contributed by atoms with Gasteiger partial charge in [0.25, 0.3) is 0 Å². The van der Waals surface area contributed by atoms with Crippen molar-refractivity contribution in [1.29, 1.82) is 0 Å². The number of aryl methyl sites for hydroxylation is 2. The van der Waals surface area contributed by atoms with E-state index in [0.717, 1.165) is 28.9 Å². The molecule has 3 amide bonds. The third kappa shape index (κ3) is 7.20. The monoisotopic (exact) mass is 489 g/mol. The highest BCUT2D eigenvalue weighted by molar-refractivity contribution is 5.96. The van der Waals surface area contributed by atoms with Gasteiger partial charge < -0.3 is 15.5 Å². The third-order valence-corrected chi connectivity index (χ3v) is 5.96. The second-order valence-corrected chi connectivity index (χ2v) is 10.8. The van der Waals surface area contributed by atoms with Crippen molar-refractivity contribution in [3.05, 3.63) is 71.4 Å². The maximum Gasteiger partial charge on any atom is 0.322 e. The van der Waals surface area contributed by atoms with Gasteiger partial charge in [0.1, 0.15) is 12.4 Å². The molecule has 1 heterocycles. The van der Waals surface area contributed by atoms with Crippen LogP contribution < -0.4 is 10.6 Å². The van der Waals surface area contributed by atoms with Crippen LogP contribution in [-0.4, -0.2) is 39.7 Å². The van der Waals surface area contributed by atoms with Crippen LogP contribution in [0, 0.1) is 19.8 Å². The smallest absolute Gasteiger partial charge is 0.315 e. The zero-order chi connectivity index (χ0) is 26.5. The van der Waals surface area contributed by atoms with Crippen molar-refractivity contribution in [3.8, 4) is 5.69 Å². The van der Waals surface area contributed by atoms with Crippen molar-refractivity contribution in [3.63, 3.8) is 0 Å². The number of hydrogen-bond acceptors (Lipinski definition) is 3. The highest BCUT2D eigenvalue weighted by Crippen LogP contribution is 2.27. The highest BCUT2D eigenvalue weighted by Gasteiger charge is 2.23. The summed E-state index contributed by atoms with van der Waals surface area (Å²) in [6, 6.07) is 17.2. The molecule has 0 saturated carbocycles. The molecule has 0 aliphatic carbocycles. The molecule has 2 N–H and O–H groups in total. The van der Waals surface area contributed by atoms with Gasteiger partial charge in [0.15, 0.2) is 0 Å². The lowest BCUT2D eigenvalue weighted by atomic mass is 9.92. The minimum atomic E-state index is -0.292. The Morgan fingerprint density at radius 1 is 1.00 bits per heavy atom. The van der Waals surface area contributed by atoms with Crippen LogP contribution >= 0.6 is 0 Å². The van der Waals surface area contributed by atoms with E-state index in [4.69, 9.17) is 5.10 Å². The Balaban J connectivity index is 1.83. The zero-order valence-corrected chi connectivity index (χ0v) is 22.6. The number of nitrogens with one attached hydrogen (secondary N) is 2. The van der Waals surface area contributed by atoms with Crippen molar-refractivity contribution in [1.82, 2.24) is 14.7 Å². The standard InChI is InChI=1S/C29H39N5O2/c1-20(2)15-16-33(28(36)30-23-13-10-11-21(3)17-23)19-27(35)31-26-18-25(29(5,6)7)32-34(26)24-14-9-8-12-22(24)4/h8-14,17-18,20H,15-16,19H2,1-7H3,(H,30,36)(H,31,35). The summed E-state index contributed by atoms with van der Waals surface area (Å²) in [6.45, 7) is 14.9. The van der Waals surface area contributed by atoms with E-state index < -0.39 is 0 Å². The molecule has 3 rings (SSSR count). The lowest BCUT2D eigenvalue weighted by Gasteiger charge is -2.23. The molecule has 2 aromatic carbocycles. The van der Waals surface area contributed by atoms with E-state index in [0.29, 0.717) is 24.0 Å². The zero-order valence-electron chi connectivity index (χ0n) is 22.6. The maximum absolute atomic E-state index is 13.2. The first-order valence-electron chi connectivity index (χ1n) is 12.5. The number of carbonyl (C=O) groups excluding carboxylic acids is 2. The lowest BCUT2D eigenvalue weighted by Crippen LogP contribution is -2.41. The number of anilines is 2. The van der Waals surface area contributed by atoms with Crippen LogP contribution in [0.1, 0.15) is 57.9 Å². The van der Waals surface area contributed by atoms with Crippen LogP contribution in [-0.2, 0) is 10.2 Å². The number of para-hydroxylation sites is 1. The SMILES string of the molecule is Cc1cccc(NC(=O)N(CCC(C)C)CC(=O)Nc2cc(C(C)(C)C)nn2-c2ccccc2C)c1. The summed E-state index contributed by atoms with van der Waals surface area (Å²) in [5.74, 6) is 0.717. The first kappa shape index (κ1) is 27.0. The fourth-order valence-corrected chi connectivity index (χ4v) is 3.77. The van der Waals surface area contributed by atoms with Crippen molar-refractivity contribution in [2.24, 2.45) is 5.92 Å². The number of hydrogen-bond donors (Lipinski definition) is 2. The molecule has 0 radical (unpaired) electrons. The molecule has 36 heavy (non-hydrogen) atoms. The molecule has 0 aliphatic heterocycles. The molecular weight excluding hydrogens is 450 g/mol. The van der Waals surface area contributed by atoms with Crippen molar-refractivity contribution < 1.29 is 9.59 Å². The summed E-state index contributed by atoms with van der Waals surface area (Å²) in [4.78, 5) is 27.9. The molecule has 0 fully saturated rings. The van der Waals surface area contributed by atoms with Gasteiger partial charge in [-0.3, -0.25) is 4.79 Å². The number of amides is 3. The summed E-state index contributed by atoms with van der Waals surface area (Å²) < 4.78 is 1.78. The summed E-state index contributed by atoms with van der Waals surface area (Å²) in [5.41, 5.74) is 4.39. The number of rotatable bonds is 8. The molecule has 0 saturated heterocycles. The molecule has 3 aromatic rings. The van der Waals surface area contributed by atoms with Crippen LogP contribution in [0.25, 0.3) is 5.69 Å². The highest BCUT2D eigenvalue weighted by atomic mass is 16.2. The minimum Gasteiger partial charge on any atom is -0.315 e. The van der Waals surface area contributed by atoms with Crippen LogP contribution in [0.2, 0.25) is 0 Å². The minimum absolute atomic E-state index is 0.0613. The molecule has 0 bridgehead atoms. The van der Waals surface area contributed by atoms with Gasteiger partial charge >= 0.3 is 6.03 Å². The molecular formula is C29H39N5O2. The molecule has 7 heteroatoms. The Morgan fingerprint density at radius 2 is 1.72 bits per heavy atom. The average Bonchev–Trinajstić information content (AvgIpc) is 3.20. The predicted octanol–water partition coefficient (Wildman–Crippen LogP) is 6.31. The first-order valence-corrected chi connectivity index (χ1v) is 12.5. The molecule has 0 aliphatic rings. The Morgan fingerprint density at radius 3 is 2.36 bits per heavy atom. The van der Waals surface area contributed by atoms with E-state index in [1.54, 1.807) is 9.58 Å². The van der Waals surface area contributed by atoms with Crippen LogP contribution in [0.15, 0.2) is 54.6 Å². The fourth-order valence-electron chi connectivity index (χ4n) is 3.77. The van der Waals surface area contributed by atoms with Crippen LogP contribution in [0.3, 0.4) is 0 Å². The van der Waals surface area contributed by atoms with Crippen molar-refractivity contribution in [2.45, 2.75) is 60.3 Å². The van der Waals surface area contributed by atoms with Gasteiger partial charge in [-0.25, -0.2) is 9.48 Å². The topological polar surface area (TPSA) is 79.3 Å². The summed E-state index contributed by atoms with van der Waals surface area (Å²) in [5, 5.41) is 10.8. The lowest BCUT2D eigenvalue weighted by molar-refractivity contribution is -0.116. The summed E-state index contributed by atoms with van der Waals surface area (Å²) in [7, 11) is 0. The molecule has 0 spiro atoms. The number of nitrogens with zero attached hydrogens (tertiary/aromatic N) is 3. The fraction of sp³-hybridized carbons (Fsp3) is 0.414. The quantitative estimate of drug-likeness (QED) is 0.389. The average molecular weight is 490 g/mol. The Hall–Kier alpha value is -3.61. The molecule has 7 nitrogen and oxygen atoms in total. The van der Waals surface area contributed by atoms with E-state index in [2.05, 4.69) is 45.3 Å². The van der Waals surface area contributed by atoms with E-state index in [1.165, 1.54) is 0 Å². The van der Waals surface area contributed by atoms with Gasteiger partial charge in [0.05, 0.1) is 11.4 Å². The van der Waals surface area contributed by atoms with Gasteiger partial charge in [-0.1, -0.05) is 65.0 Å². The normalized spacial score (nSPS) is 11.4. The van der Waals surface area contributed by atoms with E-state index in [1.807, 2.05) is 68.4 Å². The second kappa shape index (κ2) is 11.4. The van der Waals surface area contributed by atoms with Crippen LogP contribution in [0.5, 0.6) is 0 Å². The number of urea groups is 1. The predicted molar refractivity (Wildman–Crippen MR) is 147 cm³/mol. The Kier molecular flexibility index (Phi) is 8.56. The largest absolute Gasteiger partial charge is 0.322 e. The third-order valence-electron chi connectivity index (χ3n) is 5.96. The maximum atomic E-state index is 13.2. The van der Waals surface area contributed by atoms with Crippen molar-refractivity contribution >= 4 is 23.4 Å². The van der Waals surface area contributed by atoms with Crippen LogP contribution in [0.4, 0.5) is 16.3 Å². The van der Waals surface area contributed by atoms with Crippen molar-refractivity contribution in [2.75, 3.05) is 23.7 Å². The van der Waals surface area contributed by atoms with E-state index >= 15 is 0 Å². The number of aromatic nitrogens is 2. The molecule has 0 atom stereocenters. The van der Waals surface area contributed by atoms with Gasteiger partial charge in [0.2, 0.25) is 5.91 Å². The van der Waals surface area contributed by atoms with Gasteiger partial charge in [0, 0.05) is 23.7 Å². The number of benzene rings is 2. The van der Waals surface area contributed by atoms with E-state index in [-0.39, 0.29) is 23.9 Å². The van der Waals surface area contributed by atoms with E-state index in [9.17, 15) is 9.59 Å². The number of carbonyl (C=O) groups is 2. The molecule has 0 unspecified atom stereocenters. The molecule has 192 valence electrons. The van der Waals surface area contributed by atoms with Gasteiger partial charge in [-0.05, 0) is 55.5 Å². The summed E-state index contributed by atoms with van der Waals surface area (Å²) in [6.07, 6.45) is 0.795. The Labute approximate surface area is 214 Å². The Bertz CT molecular complexity index is 1210.